The van der Waals surface area contributed by atoms with Gasteiger partial charge in [-0.15, -0.1) is 0 Å². The lowest BCUT2D eigenvalue weighted by Crippen LogP contribution is -2.54. The molecule has 2 fully saturated rings. The summed E-state index contributed by atoms with van der Waals surface area (Å²) in [6, 6.07) is 8.83. The minimum Gasteiger partial charge on any atom is -0.465 e. The Hall–Kier alpha value is -2.93. The second kappa shape index (κ2) is 8.20. The van der Waals surface area contributed by atoms with E-state index >= 15 is 0 Å². The number of rotatable bonds is 4. The van der Waals surface area contributed by atoms with E-state index in [1.54, 1.807) is 31.2 Å². The number of Topliss-reactive ketones (excluding diaryl/α,β-unsaturated/α-hetero) is 1. The first kappa shape index (κ1) is 20.9. The SMILES string of the molecule is Cc1oc2c(c1C(=O)N1C[C@H]3CC[C@@H](C1)C3NC(=O)C(O)c1ccccc1)C(=O)CCC2. The van der Waals surface area contributed by atoms with Crippen LogP contribution < -0.4 is 5.32 Å². The van der Waals surface area contributed by atoms with Crippen LogP contribution in [0.3, 0.4) is 0 Å². The van der Waals surface area contributed by atoms with E-state index in [9.17, 15) is 19.5 Å². The molecular formula is C25H28N2O5. The van der Waals surface area contributed by atoms with Crippen molar-refractivity contribution in [2.75, 3.05) is 13.1 Å². The van der Waals surface area contributed by atoms with Crippen molar-refractivity contribution in [2.45, 2.75) is 51.2 Å². The van der Waals surface area contributed by atoms with Gasteiger partial charge in [0.05, 0.1) is 11.1 Å². The highest BCUT2D eigenvalue weighted by molar-refractivity contribution is 6.10. The summed E-state index contributed by atoms with van der Waals surface area (Å²) < 4.78 is 5.78. The zero-order valence-corrected chi connectivity index (χ0v) is 18.2. The van der Waals surface area contributed by atoms with Gasteiger partial charge in [0.15, 0.2) is 11.9 Å². The number of hydrogen-bond acceptors (Lipinski definition) is 5. The van der Waals surface area contributed by atoms with Gasteiger partial charge in [-0.3, -0.25) is 14.4 Å². The first-order valence-corrected chi connectivity index (χ1v) is 11.4. The molecule has 1 saturated carbocycles. The Kier molecular flexibility index (Phi) is 5.37. The summed E-state index contributed by atoms with van der Waals surface area (Å²) >= 11 is 0. The summed E-state index contributed by atoms with van der Waals surface area (Å²) in [5.41, 5.74) is 1.47. The molecule has 4 atom stereocenters. The predicted molar refractivity (Wildman–Crippen MR) is 116 cm³/mol. The molecule has 0 radical (unpaired) electrons. The van der Waals surface area contributed by atoms with Crippen LogP contribution in [-0.2, 0) is 11.2 Å². The van der Waals surface area contributed by atoms with E-state index in [4.69, 9.17) is 4.42 Å². The highest BCUT2D eigenvalue weighted by Crippen LogP contribution is 2.39. The fourth-order valence-electron chi connectivity index (χ4n) is 5.68. The lowest BCUT2D eigenvalue weighted by Gasteiger charge is -2.38. The van der Waals surface area contributed by atoms with E-state index in [1.165, 1.54) is 0 Å². The lowest BCUT2D eigenvalue weighted by molar-refractivity contribution is -0.131. The number of nitrogens with zero attached hydrogens (tertiary/aromatic N) is 1. The van der Waals surface area contributed by atoms with Crippen molar-refractivity contribution in [1.82, 2.24) is 10.2 Å². The number of furan rings is 1. The zero-order chi connectivity index (χ0) is 22.4. The van der Waals surface area contributed by atoms with Gasteiger partial charge >= 0.3 is 0 Å². The topological polar surface area (TPSA) is 99.8 Å². The maximum absolute atomic E-state index is 13.4. The maximum Gasteiger partial charge on any atom is 0.258 e. The summed E-state index contributed by atoms with van der Waals surface area (Å²) in [6.45, 7) is 2.80. The van der Waals surface area contributed by atoms with Crippen LogP contribution in [0.5, 0.6) is 0 Å². The normalized spacial score (nSPS) is 25.4. The quantitative estimate of drug-likeness (QED) is 0.768. The number of carbonyl (C=O) groups is 3. The molecule has 1 aromatic carbocycles. The van der Waals surface area contributed by atoms with Crippen LogP contribution in [0.4, 0.5) is 0 Å². The first-order chi connectivity index (χ1) is 15.4. The number of piperidine rings is 1. The molecule has 5 rings (SSSR count). The number of carbonyl (C=O) groups excluding carboxylic acids is 3. The van der Waals surface area contributed by atoms with Crippen molar-refractivity contribution >= 4 is 17.6 Å². The molecule has 7 nitrogen and oxygen atoms in total. The minimum atomic E-state index is -1.21. The van der Waals surface area contributed by atoms with Gasteiger partial charge in [-0.2, -0.15) is 0 Å². The molecule has 2 bridgehead atoms. The molecule has 168 valence electrons. The minimum absolute atomic E-state index is 0.00790. The Morgan fingerprint density at radius 1 is 1.12 bits per heavy atom. The molecule has 1 aromatic heterocycles. The number of hydrogen-bond donors (Lipinski definition) is 2. The highest BCUT2D eigenvalue weighted by atomic mass is 16.3. The predicted octanol–water partition coefficient (Wildman–Crippen LogP) is 2.81. The third-order valence-corrected chi connectivity index (χ3v) is 7.25. The van der Waals surface area contributed by atoms with E-state index in [-0.39, 0.29) is 29.6 Å². The van der Waals surface area contributed by atoms with E-state index in [2.05, 4.69) is 5.32 Å². The number of fused-ring (bicyclic) bond motifs is 3. The Morgan fingerprint density at radius 2 is 1.81 bits per heavy atom. The van der Waals surface area contributed by atoms with Crippen molar-refractivity contribution in [2.24, 2.45) is 11.8 Å². The van der Waals surface area contributed by atoms with Crippen molar-refractivity contribution < 1.29 is 23.9 Å². The van der Waals surface area contributed by atoms with Gasteiger partial charge in [0.1, 0.15) is 11.5 Å². The van der Waals surface area contributed by atoms with Gasteiger partial charge in [0.25, 0.3) is 11.8 Å². The molecular weight excluding hydrogens is 408 g/mol. The molecule has 2 N–H and O–H groups in total. The number of aryl methyl sites for hydroxylation is 2. The first-order valence-electron chi connectivity index (χ1n) is 11.4. The van der Waals surface area contributed by atoms with Gasteiger partial charge in [-0.05, 0) is 43.6 Å². The molecule has 7 heteroatoms. The van der Waals surface area contributed by atoms with Crippen molar-refractivity contribution in [1.29, 1.82) is 0 Å². The second-order valence-electron chi connectivity index (χ2n) is 9.26. The van der Waals surface area contributed by atoms with Gasteiger partial charge in [-0.25, -0.2) is 0 Å². The van der Waals surface area contributed by atoms with Crippen LogP contribution >= 0.6 is 0 Å². The van der Waals surface area contributed by atoms with Crippen molar-refractivity contribution in [3.63, 3.8) is 0 Å². The van der Waals surface area contributed by atoms with Gasteiger partial charge < -0.3 is 19.7 Å². The molecule has 1 aliphatic heterocycles. The average molecular weight is 437 g/mol. The molecule has 2 unspecified atom stereocenters. The molecule has 1 saturated heterocycles. The Balaban J connectivity index is 1.30. The van der Waals surface area contributed by atoms with Crippen molar-refractivity contribution in [3.05, 3.63) is 58.5 Å². The molecule has 2 amide bonds. The summed E-state index contributed by atoms with van der Waals surface area (Å²) in [6.07, 6.45) is 2.54. The van der Waals surface area contributed by atoms with E-state index < -0.39 is 12.0 Å². The Morgan fingerprint density at radius 3 is 2.50 bits per heavy atom. The maximum atomic E-state index is 13.4. The second-order valence-corrected chi connectivity index (χ2v) is 9.26. The van der Waals surface area contributed by atoms with Crippen LogP contribution in [0.2, 0.25) is 0 Å². The van der Waals surface area contributed by atoms with Crippen LogP contribution in [0.15, 0.2) is 34.7 Å². The Bertz CT molecular complexity index is 1050. The fourth-order valence-corrected chi connectivity index (χ4v) is 5.68. The van der Waals surface area contributed by atoms with E-state index in [0.717, 1.165) is 19.3 Å². The number of nitrogens with one attached hydrogen (secondary N) is 1. The highest BCUT2D eigenvalue weighted by Gasteiger charge is 2.45. The molecule has 2 aromatic rings. The number of aliphatic hydroxyl groups excluding tert-OH is 1. The van der Waals surface area contributed by atoms with Gasteiger partial charge in [-0.1, -0.05) is 30.3 Å². The average Bonchev–Trinajstić information content (AvgIpc) is 3.24. The van der Waals surface area contributed by atoms with Crippen LogP contribution in [0, 0.1) is 18.8 Å². The fraction of sp³-hybridized carbons (Fsp3) is 0.480. The van der Waals surface area contributed by atoms with Crippen molar-refractivity contribution in [3.8, 4) is 0 Å². The molecule has 0 spiro atoms. The number of aliphatic hydroxyl groups is 1. The zero-order valence-electron chi connectivity index (χ0n) is 18.2. The van der Waals surface area contributed by atoms with Gasteiger partial charge in [0.2, 0.25) is 0 Å². The summed E-state index contributed by atoms with van der Waals surface area (Å²) in [5.74, 6) is 0.862. The van der Waals surface area contributed by atoms with E-state index in [0.29, 0.717) is 54.1 Å². The van der Waals surface area contributed by atoms with Crippen LogP contribution in [0.1, 0.15) is 69.6 Å². The summed E-state index contributed by atoms with van der Waals surface area (Å²) in [5, 5.41) is 13.5. The third kappa shape index (κ3) is 3.54. The standard InChI is InChI=1S/C25H28N2O5/c1-14-20(21-18(28)8-5-9-19(21)32-14)25(31)27-12-16-10-11-17(13-27)22(16)26-24(30)23(29)15-6-3-2-4-7-15/h2-4,6-7,16-17,22-23,29H,5,8-13H2,1H3,(H,26,30)/t16-,17+,22?,23?. The molecule has 32 heavy (non-hydrogen) atoms. The number of ketones is 1. The monoisotopic (exact) mass is 436 g/mol. The summed E-state index contributed by atoms with van der Waals surface area (Å²) in [4.78, 5) is 40.4. The lowest BCUT2D eigenvalue weighted by atomic mass is 9.89. The number of amides is 2. The summed E-state index contributed by atoms with van der Waals surface area (Å²) in [7, 11) is 0. The number of likely N-dealkylation sites (tertiary alicyclic amines) is 1. The van der Waals surface area contributed by atoms with Gasteiger partial charge in [0, 0.05) is 32.0 Å². The molecule has 2 heterocycles. The number of benzene rings is 1. The smallest absolute Gasteiger partial charge is 0.258 e. The van der Waals surface area contributed by atoms with E-state index in [1.807, 2.05) is 11.0 Å². The Labute approximate surface area is 186 Å². The van der Waals surface area contributed by atoms with Crippen LogP contribution in [-0.4, -0.2) is 46.7 Å². The molecule has 2 aliphatic carbocycles. The van der Waals surface area contributed by atoms with Crippen LogP contribution in [0.25, 0.3) is 0 Å². The largest absolute Gasteiger partial charge is 0.465 e. The molecule has 3 aliphatic rings. The third-order valence-electron chi connectivity index (χ3n) is 7.25.